The number of carbonyl (C=O) groups is 1. The second-order valence-electron chi connectivity index (χ2n) is 7.55. The molecule has 1 saturated heterocycles. The molecule has 0 saturated carbocycles. The minimum Gasteiger partial charge on any atom is -0.339 e. The molecule has 3 nitrogen and oxygen atoms in total. The van der Waals surface area contributed by atoms with E-state index in [2.05, 4.69) is 49.5 Å². The third-order valence-corrected chi connectivity index (χ3v) is 5.43. The van der Waals surface area contributed by atoms with Crippen molar-refractivity contribution in [3.05, 3.63) is 59.2 Å². The first-order chi connectivity index (χ1) is 12.1. The molecule has 0 unspecified atom stereocenters. The largest absolute Gasteiger partial charge is 0.339 e. The Bertz CT molecular complexity index is 788. The van der Waals surface area contributed by atoms with Crippen LogP contribution in [0.4, 0.5) is 0 Å². The van der Waals surface area contributed by atoms with Crippen molar-refractivity contribution in [3.63, 3.8) is 0 Å². The Labute approximate surface area is 150 Å². The zero-order valence-corrected chi connectivity index (χ0v) is 15.1. The topological polar surface area (TPSA) is 32.3 Å². The Balaban J connectivity index is 1.53. The number of rotatable bonds is 3. The summed E-state index contributed by atoms with van der Waals surface area (Å²) >= 11 is 0. The molecule has 0 atom stereocenters. The minimum absolute atomic E-state index is 0.202. The average molecular weight is 334 g/mol. The van der Waals surface area contributed by atoms with E-state index in [-0.39, 0.29) is 5.91 Å². The molecule has 3 heteroatoms. The number of nitrogens with zero attached hydrogens (tertiary/aromatic N) is 1. The van der Waals surface area contributed by atoms with E-state index in [0.717, 1.165) is 37.9 Å². The van der Waals surface area contributed by atoms with Crippen molar-refractivity contribution in [2.75, 3.05) is 13.1 Å². The molecule has 130 valence electrons. The third kappa shape index (κ3) is 3.09. The monoisotopic (exact) mass is 334 g/mol. The highest BCUT2D eigenvalue weighted by Crippen LogP contribution is 2.38. The zero-order chi connectivity index (χ0) is 17.4. The van der Waals surface area contributed by atoms with Gasteiger partial charge in [0, 0.05) is 30.7 Å². The molecule has 4 rings (SSSR count). The van der Waals surface area contributed by atoms with Crippen molar-refractivity contribution in [3.8, 4) is 11.1 Å². The summed E-state index contributed by atoms with van der Waals surface area (Å²) in [5, 5.41) is 3.60. The number of hydrogen-bond acceptors (Lipinski definition) is 2. The Morgan fingerprint density at radius 3 is 2.52 bits per heavy atom. The van der Waals surface area contributed by atoms with Crippen molar-refractivity contribution < 1.29 is 4.79 Å². The lowest BCUT2D eigenvalue weighted by Crippen LogP contribution is -2.46. The molecular formula is C22H26N2O. The van der Waals surface area contributed by atoms with Crippen LogP contribution in [0, 0.1) is 0 Å². The first-order valence-corrected chi connectivity index (χ1v) is 9.39. The van der Waals surface area contributed by atoms with Crippen LogP contribution in [0.1, 0.15) is 48.2 Å². The molecule has 25 heavy (non-hydrogen) atoms. The van der Waals surface area contributed by atoms with E-state index in [1.165, 1.54) is 22.3 Å². The molecule has 2 aliphatic rings. The molecule has 2 aromatic carbocycles. The molecule has 0 spiro atoms. The number of benzene rings is 2. The summed E-state index contributed by atoms with van der Waals surface area (Å²) < 4.78 is 0. The maximum atomic E-state index is 13.1. The molecule has 0 bridgehead atoms. The number of likely N-dealkylation sites (tertiary alicyclic amines) is 1. The molecule has 0 aromatic heterocycles. The van der Waals surface area contributed by atoms with Gasteiger partial charge in [-0.05, 0) is 47.6 Å². The van der Waals surface area contributed by atoms with E-state index < -0.39 is 0 Å². The minimum atomic E-state index is 0.202. The highest BCUT2D eigenvalue weighted by molar-refractivity contribution is 5.99. The van der Waals surface area contributed by atoms with Gasteiger partial charge in [0.1, 0.15) is 0 Å². The average Bonchev–Trinajstić information content (AvgIpc) is 3.00. The molecule has 1 N–H and O–H groups in total. The first kappa shape index (κ1) is 16.3. The highest BCUT2D eigenvalue weighted by Gasteiger charge is 2.28. The molecular weight excluding hydrogens is 308 g/mol. The van der Waals surface area contributed by atoms with E-state index >= 15 is 0 Å². The molecule has 1 amide bonds. The normalized spacial score (nSPS) is 16.8. The van der Waals surface area contributed by atoms with Crippen LogP contribution in [0.3, 0.4) is 0 Å². The summed E-state index contributed by atoms with van der Waals surface area (Å²) in [5.74, 6) is 0.202. The Kier molecular flexibility index (Phi) is 4.34. The van der Waals surface area contributed by atoms with Crippen molar-refractivity contribution in [1.82, 2.24) is 10.2 Å². The Morgan fingerprint density at radius 1 is 1.04 bits per heavy atom. The predicted octanol–water partition coefficient (Wildman–Crippen LogP) is 3.86. The van der Waals surface area contributed by atoms with Gasteiger partial charge in [0.15, 0.2) is 0 Å². The fraction of sp³-hybridized carbons (Fsp3) is 0.409. The molecule has 1 fully saturated rings. The lowest BCUT2D eigenvalue weighted by molar-refractivity contribution is 0.0702. The van der Waals surface area contributed by atoms with Gasteiger partial charge < -0.3 is 10.2 Å². The summed E-state index contributed by atoms with van der Waals surface area (Å²) in [6.45, 7) is 6.06. The van der Waals surface area contributed by atoms with E-state index in [1.54, 1.807) is 0 Å². The summed E-state index contributed by atoms with van der Waals surface area (Å²) in [6, 6.07) is 15.7. The van der Waals surface area contributed by atoms with Crippen LogP contribution in [0.5, 0.6) is 0 Å². The van der Waals surface area contributed by atoms with Gasteiger partial charge in [0.25, 0.3) is 5.91 Å². The maximum Gasteiger partial charge on any atom is 0.254 e. The third-order valence-electron chi connectivity index (χ3n) is 5.43. The molecule has 0 radical (unpaired) electrons. The van der Waals surface area contributed by atoms with Crippen LogP contribution in [0.25, 0.3) is 11.1 Å². The van der Waals surface area contributed by atoms with Crippen LogP contribution in [0.15, 0.2) is 42.5 Å². The fourth-order valence-corrected chi connectivity index (χ4v) is 4.25. The molecule has 1 aliphatic heterocycles. The van der Waals surface area contributed by atoms with Gasteiger partial charge in [-0.3, -0.25) is 4.79 Å². The van der Waals surface area contributed by atoms with Gasteiger partial charge in [-0.25, -0.2) is 0 Å². The summed E-state index contributed by atoms with van der Waals surface area (Å²) in [7, 11) is 0. The predicted molar refractivity (Wildman–Crippen MR) is 102 cm³/mol. The molecule has 1 aliphatic carbocycles. The van der Waals surface area contributed by atoms with Crippen molar-refractivity contribution in [2.24, 2.45) is 0 Å². The highest BCUT2D eigenvalue weighted by atomic mass is 16.2. The van der Waals surface area contributed by atoms with Gasteiger partial charge in [-0.2, -0.15) is 0 Å². The van der Waals surface area contributed by atoms with Gasteiger partial charge in [0.2, 0.25) is 0 Å². The van der Waals surface area contributed by atoms with Gasteiger partial charge >= 0.3 is 0 Å². The number of fused-ring (bicyclic) bond motifs is 3. The number of carbonyl (C=O) groups excluding carboxylic acids is 1. The first-order valence-electron chi connectivity index (χ1n) is 9.39. The SMILES string of the molecule is CC(C)NC1CCN(C(=O)c2cccc3c2Cc2ccccc2-3)CC1. The van der Waals surface area contributed by atoms with Crippen LogP contribution in [0.2, 0.25) is 0 Å². The molecule has 1 heterocycles. The van der Waals surface area contributed by atoms with E-state index in [9.17, 15) is 4.79 Å². The fourth-order valence-electron chi connectivity index (χ4n) is 4.25. The number of nitrogens with one attached hydrogen (secondary N) is 1. The van der Waals surface area contributed by atoms with Crippen LogP contribution < -0.4 is 5.32 Å². The number of amides is 1. The van der Waals surface area contributed by atoms with Gasteiger partial charge in [0.05, 0.1) is 0 Å². The van der Waals surface area contributed by atoms with Crippen LogP contribution in [-0.2, 0) is 6.42 Å². The second-order valence-corrected chi connectivity index (χ2v) is 7.55. The van der Waals surface area contributed by atoms with E-state index in [4.69, 9.17) is 0 Å². The number of piperidine rings is 1. The number of hydrogen-bond donors (Lipinski definition) is 1. The smallest absolute Gasteiger partial charge is 0.254 e. The lowest BCUT2D eigenvalue weighted by Gasteiger charge is -2.33. The van der Waals surface area contributed by atoms with Crippen LogP contribution in [-0.4, -0.2) is 36.0 Å². The summed E-state index contributed by atoms with van der Waals surface area (Å²) in [4.78, 5) is 15.2. The van der Waals surface area contributed by atoms with Gasteiger partial charge in [-0.1, -0.05) is 50.2 Å². The maximum absolute atomic E-state index is 13.1. The quantitative estimate of drug-likeness (QED) is 0.789. The zero-order valence-electron chi connectivity index (χ0n) is 15.1. The summed E-state index contributed by atoms with van der Waals surface area (Å²) in [5.41, 5.74) is 5.95. The second kappa shape index (κ2) is 6.64. The Hall–Kier alpha value is -2.13. The van der Waals surface area contributed by atoms with Crippen molar-refractivity contribution in [1.29, 1.82) is 0 Å². The summed E-state index contributed by atoms with van der Waals surface area (Å²) in [6.07, 6.45) is 2.96. The van der Waals surface area contributed by atoms with Gasteiger partial charge in [-0.15, -0.1) is 0 Å². The van der Waals surface area contributed by atoms with Crippen LogP contribution >= 0.6 is 0 Å². The van der Waals surface area contributed by atoms with Crippen molar-refractivity contribution in [2.45, 2.75) is 45.2 Å². The molecule has 2 aromatic rings. The Morgan fingerprint density at radius 2 is 1.76 bits per heavy atom. The van der Waals surface area contributed by atoms with E-state index in [0.29, 0.717) is 12.1 Å². The lowest BCUT2D eigenvalue weighted by atomic mass is 9.98. The van der Waals surface area contributed by atoms with E-state index in [1.807, 2.05) is 17.0 Å². The van der Waals surface area contributed by atoms with Crippen molar-refractivity contribution >= 4 is 5.91 Å². The standard InChI is InChI=1S/C22H26N2O/c1-15(2)23-17-10-12-24(13-11-17)22(25)20-9-5-8-19-18-7-4-3-6-16(18)14-21(19)20/h3-9,15,17,23H,10-14H2,1-2H3.